The Kier molecular flexibility index (Phi) is 5.69. The van der Waals surface area contributed by atoms with Gasteiger partial charge in [-0.25, -0.2) is 0 Å². The van der Waals surface area contributed by atoms with Gasteiger partial charge in [0.05, 0.1) is 32.4 Å². The second-order valence-corrected chi connectivity index (χ2v) is 7.75. The van der Waals surface area contributed by atoms with Crippen molar-refractivity contribution in [3.63, 3.8) is 0 Å². The number of piperidine rings is 1. The molecule has 0 radical (unpaired) electrons. The first kappa shape index (κ1) is 18.4. The number of halogens is 1. The molecular formula is C21H24ClNO4. The Hall–Kier alpha value is -1.98. The number of furan rings is 1. The van der Waals surface area contributed by atoms with Crippen LogP contribution in [0.5, 0.6) is 5.75 Å². The number of ether oxygens (including phenoxy) is 2. The Morgan fingerprint density at radius 3 is 2.93 bits per heavy atom. The normalized spacial score (nSPS) is 17.5. The molecular weight excluding hydrogens is 366 g/mol. The van der Waals surface area contributed by atoms with Crippen LogP contribution >= 0.6 is 11.6 Å². The first-order valence-electron chi connectivity index (χ1n) is 9.52. The Morgan fingerprint density at radius 1 is 1.30 bits per heavy atom. The summed E-state index contributed by atoms with van der Waals surface area (Å²) in [6.45, 7) is 3.97. The number of likely N-dealkylation sites (tertiary alicyclic amines) is 1. The van der Waals surface area contributed by atoms with E-state index in [9.17, 15) is 4.79 Å². The van der Waals surface area contributed by atoms with Crippen molar-refractivity contribution in [3.8, 4) is 5.75 Å². The van der Waals surface area contributed by atoms with E-state index in [1.165, 1.54) is 0 Å². The Balaban J connectivity index is 1.23. The van der Waals surface area contributed by atoms with Crippen LogP contribution in [0.1, 0.15) is 29.7 Å². The first-order valence-corrected chi connectivity index (χ1v) is 9.89. The number of carbonyl (C=O) groups excluding carboxylic acids is 1. The van der Waals surface area contributed by atoms with E-state index in [2.05, 4.69) is 4.90 Å². The number of hydrogen-bond donors (Lipinski definition) is 0. The summed E-state index contributed by atoms with van der Waals surface area (Å²) < 4.78 is 16.6. The SMILES string of the molecule is O=C(Cc1cc(Cl)cc2c1OCC2)OCC1CCN(Cc2ccco2)CC1. The van der Waals surface area contributed by atoms with E-state index in [1.54, 1.807) is 12.3 Å². The van der Waals surface area contributed by atoms with E-state index in [0.717, 1.165) is 61.5 Å². The number of carbonyl (C=O) groups is 1. The summed E-state index contributed by atoms with van der Waals surface area (Å²) in [5.74, 6) is 2.01. The highest BCUT2D eigenvalue weighted by molar-refractivity contribution is 6.30. The molecule has 0 aliphatic carbocycles. The van der Waals surface area contributed by atoms with Crippen LogP contribution in [-0.2, 0) is 28.9 Å². The van der Waals surface area contributed by atoms with Gasteiger partial charge in [-0.3, -0.25) is 9.69 Å². The number of esters is 1. The van der Waals surface area contributed by atoms with Gasteiger partial charge in [0.1, 0.15) is 11.5 Å². The fourth-order valence-electron chi connectivity index (χ4n) is 3.83. The molecule has 2 aliphatic heterocycles. The molecule has 2 aliphatic rings. The standard InChI is InChI=1S/C21H24ClNO4/c22-18-10-16-5-9-26-21(16)17(11-18)12-20(24)27-14-15-3-6-23(7-4-15)13-19-2-1-8-25-19/h1-2,8,10-11,15H,3-7,9,12-14H2. The first-order chi connectivity index (χ1) is 13.2. The fourth-order valence-corrected chi connectivity index (χ4v) is 4.09. The average molecular weight is 390 g/mol. The number of fused-ring (bicyclic) bond motifs is 1. The van der Waals surface area contributed by atoms with Crippen molar-refractivity contribution in [2.75, 3.05) is 26.3 Å². The molecule has 4 rings (SSSR count). The summed E-state index contributed by atoms with van der Waals surface area (Å²) in [6.07, 6.45) is 4.82. The van der Waals surface area contributed by atoms with Gasteiger partial charge < -0.3 is 13.9 Å². The minimum absolute atomic E-state index is 0.209. The van der Waals surface area contributed by atoms with Crippen LogP contribution < -0.4 is 4.74 Å². The molecule has 1 aromatic carbocycles. The molecule has 27 heavy (non-hydrogen) atoms. The van der Waals surface area contributed by atoms with Gasteiger partial charge in [0.25, 0.3) is 0 Å². The second-order valence-electron chi connectivity index (χ2n) is 7.31. The summed E-state index contributed by atoms with van der Waals surface area (Å²) >= 11 is 6.16. The van der Waals surface area contributed by atoms with Gasteiger partial charge in [0, 0.05) is 17.0 Å². The van der Waals surface area contributed by atoms with Crippen molar-refractivity contribution in [3.05, 3.63) is 52.4 Å². The molecule has 0 spiro atoms. The quantitative estimate of drug-likeness (QED) is 0.702. The van der Waals surface area contributed by atoms with Crippen LogP contribution in [0.4, 0.5) is 0 Å². The third-order valence-corrected chi connectivity index (χ3v) is 5.53. The van der Waals surface area contributed by atoms with Crippen LogP contribution in [-0.4, -0.2) is 37.2 Å². The van der Waals surface area contributed by atoms with Gasteiger partial charge in [-0.05, 0) is 61.7 Å². The van der Waals surface area contributed by atoms with Gasteiger partial charge in [-0.2, -0.15) is 0 Å². The van der Waals surface area contributed by atoms with Crippen molar-refractivity contribution in [1.82, 2.24) is 4.90 Å². The molecule has 2 aromatic rings. The fraction of sp³-hybridized carbons (Fsp3) is 0.476. The molecule has 0 saturated carbocycles. The Labute approximate surface area is 164 Å². The van der Waals surface area contributed by atoms with Gasteiger partial charge in [-0.1, -0.05) is 11.6 Å². The largest absolute Gasteiger partial charge is 0.493 e. The van der Waals surface area contributed by atoms with Crippen LogP contribution in [0.15, 0.2) is 34.9 Å². The molecule has 3 heterocycles. The highest BCUT2D eigenvalue weighted by atomic mass is 35.5. The molecule has 144 valence electrons. The molecule has 0 N–H and O–H groups in total. The predicted molar refractivity (Wildman–Crippen MR) is 102 cm³/mol. The van der Waals surface area contributed by atoms with Crippen LogP contribution in [0.25, 0.3) is 0 Å². The molecule has 1 aromatic heterocycles. The molecule has 0 amide bonds. The van der Waals surface area contributed by atoms with Crippen molar-refractivity contribution in [2.24, 2.45) is 5.92 Å². The summed E-state index contributed by atoms with van der Waals surface area (Å²) in [5.41, 5.74) is 1.91. The summed E-state index contributed by atoms with van der Waals surface area (Å²) in [5, 5.41) is 0.644. The smallest absolute Gasteiger partial charge is 0.310 e. The topological polar surface area (TPSA) is 51.9 Å². The van der Waals surface area contributed by atoms with Crippen molar-refractivity contribution in [2.45, 2.75) is 32.2 Å². The maximum absolute atomic E-state index is 12.3. The van der Waals surface area contributed by atoms with E-state index in [-0.39, 0.29) is 12.4 Å². The molecule has 0 bridgehead atoms. The summed E-state index contributed by atoms with van der Waals surface area (Å²) in [6, 6.07) is 7.64. The van der Waals surface area contributed by atoms with Crippen LogP contribution in [0.2, 0.25) is 5.02 Å². The van der Waals surface area contributed by atoms with Crippen molar-refractivity contribution in [1.29, 1.82) is 0 Å². The third kappa shape index (κ3) is 4.66. The lowest BCUT2D eigenvalue weighted by molar-refractivity contribution is -0.144. The van der Waals surface area contributed by atoms with Crippen molar-refractivity contribution < 1.29 is 18.7 Å². The Morgan fingerprint density at radius 2 is 2.15 bits per heavy atom. The maximum atomic E-state index is 12.3. The monoisotopic (exact) mass is 389 g/mol. The van der Waals surface area contributed by atoms with Gasteiger partial charge in [0.2, 0.25) is 0 Å². The minimum atomic E-state index is -0.215. The second kappa shape index (κ2) is 8.36. The number of nitrogens with zero attached hydrogens (tertiary/aromatic N) is 1. The maximum Gasteiger partial charge on any atom is 0.310 e. The minimum Gasteiger partial charge on any atom is -0.493 e. The summed E-state index contributed by atoms with van der Waals surface area (Å²) in [4.78, 5) is 14.7. The van der Waals surface area contributed by atoms with E-state index in [4.69, 9.17) is 25.5 Å². The number of rotatable bonds is 6. The highest BCUT2D eigenvalue weighted by Crippen LogP contribution is 2.33. The molecule has 1 fully saturated rings. The zero-order valence-electron chi connectivity index (χ0n) is 15.3. The molecule has 1 saturated heterocycles. The molecule has 0 unspecified atom stereocenters. The number of benzene rings is 1. The average Bonchev–Trinajstić information content (AvgIpc) is 3.33. The lowest BCUT2D eigenvalue weighted by atomic mass is 9.97. The highest BCUT2D eigenvalue weighted by Gasteiger charge is 2.23. The zero-order valence-corrected chi connectivity index (χ0v) is 16.0. The van der Waals surface area contributed by atoms with Crippen LogP contribution in [0.3, 0.4) is 0 Å². The molecule has 6 heteroatoms. The molecule has 0 atom stereocenters. The predicted octanol–water partition coefficient (Wildman–Crippen LogP) is 3.87. The van der Waals surface area contributed by atoms with E-state index >= 15 is 0 Å². The third-order valence-electron chi connectivity index (χ3n) is 5.31. The lowest BCUT2D eigenvalue weighted by Gasteiger charge is -2.31. The van der Waals surface area contributed by atoms with Gasteiger partial charge in [-0.15, -0.1) is 0 Å². The van der Waals surface area contributed by atoms with Gasteiger partial charge in [0.15, 0.2) is 0 Å². The summed E-state index contributed by atoms with van der Waals surface area (Å²) in [7, 11) is 0. The van der Waals surface area contributed by atoms with Crippen molar-refractivity contribution >= 4 is 17.6 Å². The molecule has 5 nitrogen and oxygen atoms in total. The number of hydrogen-bond acceptors (Lipinski definition) is 5. The zero-order chi connectivity index (χ0) is 18.6. The van der Waals surface area contributed by atoms with E-state index < -0.39 is 0 Å². The van der Waals surface area contributed by atoms with E-state index in [1.807, 2.05) is 18.2 Å². The van der Waals surface area contributed by atoms with E-state index in [0.29, 0.717) is 24.2 Å². The van der Waals surface area contributed by atoms with Gasteiger partial charge >= 0.3 is 5.97 Å². The lowest BCUT2D eigenvalue weighted by Crippen LogP contribution is -2.35. The Bertz CT molecular complexity index is 782. The van der Waals surface area contributed by atoms with Crippen LogP contribution in [0, 0.1) is 5.92 Å².